The van der Waals surface area contributed by atoms with E-state index in [1.54, 1.807) is 32.9 Å². The van der Waals surface area contributed by atoms with Crippen molar-refractivity contribution in [2.24, 2.45) is 0 Å². The summed E-state index contributed by atoms with van der Waals surface area (Å²) in [7, 11) is 0. The lowest BCUT2D eigenvalue weighted by molar-refractivity contribution is 0.0494. The van der Waals surface area contributed by atoms with E-state index in [0.717, 1.165) is 0 Å². The number of aromatic carboxylic acids is 1. The lowest BCUT2D eigenvalue weighted by Crippen LogP contribution is -2.35. The van der Waals surface area contributed by atoms with E-state index in [1.165, 1.54) is 6.07 Å². The number of hydrogen-bond acceptors (Lipinski definition) is 4. The van der Waals surface area contributed by atoms with E-state index in [1.807, 2.05) is 0 Å². The zero-order valence-corrected chi connectivity index (χ0v) is 11.6. The molecule has 0 aromatic heterocycles. The summed E-state index contributed by atoms with van der Waals surface area (Å²) in [5.74, 6) is -0.575. The van der Waals surface area contributed by atoms with Crippen LogP contribution in [0.15, 0.2) is 18.2 Å². The maximum Gasteiger partial charge on any atom is 0.408 e. The summed E-state index contributed by atoms with van der Waals surface area (Å²) in [4.78, 5) is 23.0. The summed E-state index contributed by atoms with van der Waals surface area (Å²) in [5, 5.41) is 11.8. The van der Waals surface area contributed by atoms with Crippen molar-refractivity contribution in [1.82, 2.24) is 5.32 Å². The number of alkyl carbamates (subject to hydrolysis) is 1. The van der Waals surface area contributed by atoms with Gasteiger partial charge in [0.1, 0.15) is 18.0 Å². The Balaban J connectivity index is 2.19. The van der Waals surface area contributed by atoms with E-state index in [0.29, 0.717) is 11.3 Å². The van der Waals surface area contributed by atoms with Crippen molar-refractivity contribution in [3.8, 4) is 5.75 Å². The lowest BCUT2D eigenvalue weighted by Gasteiger charge is -2.21. The number of carbonyl (C=O) groups excluding carboxylic acids is 1. The number of carboxylic acid groups (broad SMARTS) is 1. The average Bonchev–Trinajstić information content (AvgIpc) is 2.69. The molecular weight excluding hydrogens is 262 g/mol. The highest BCUT2D eigenvalue weighted by Gasteiger charge is 2.31. The van der Waals surface area contributed by atoms with Gasteiger partial charge in [-0.2, -0.15) is 0 Å². The highest BCUT2D eigenvalue weighted by atomic mass is 16.6. The first kappa shape index (κ1) is 14.2. The van der Waals surface area contributed by atoms with Crippen molar-refractivity contribution in [1.29, 1.82) is 0 Å². The van der Waals surface area contributed by atoms with Crippen LogP contribution >= 0.6 is 0 Å². The molecule has 1 aromatic carbocycles. The molecule has 0 spiro atoms. The standard InChI is InChI=1S/C14H17NO5/c1-14(2,3)20-13(18)15-9-7-19-10-6-4-5-8(11(9)10)12(16)17/h4-6,9H,7H2,1-3H3,(H,15,18)(H,16,17). The molecule has 2 N–H and O–H groups in total. The highest BCUT2D eigenvalue weighted by Crippen LogP contribution is 2.35. The lowest BCUT2D eigenvalue weighted by atomic mass is 10.0. The third-order valence-electron chi connectivity index (χ3n) is 2.74. The van der Waals surface area contributed by atoms with E-state index in [9.17, 15) is 14.7 Å². The molecule has 0 fully saturated rings. The molecule has 0 radical (unpaired) electrons. The first-order valence-electron chi connectivity index (χ1n) is 6.26. The van der Waals surface area contributed by atoms with Crippen molar-refractivity contribution in [3.63, 3.8) is 0 Å². The molecule has 1 aliphatic heterocycles. The van der Waals surface area contributed by atoms with Crippen LogP contribution in [0, 0.1) is 0 Å². The topological polar surface area (TPSA) is 84.9 Å². The second kappa shape index (κ2) is 5.03. The van der Waals surface area contributed by atoms with Crippen LogP contribution in [-0.2, 0) is 4.74 Å². The zero-order valence-electron chi connectivity index (χ0n) is 11.6. The fourth-order valence-electron chi connectivity index (χ4n) is 2.04. The van der Waals surface area contributed by atoms with Gasteiger partial charge in [-0.25, -0.2) is 9.59 Å². The van der Waals surface area contributed by atoms with Gasteiger partial charge in [0.25, 0.3) is 0 Å². The molecule has 0 aliphatic carbocycles. The molecule has 0 saturated carbocycles. The second-order valence-corrected chi connectivity index (χ2v) is 5.53. The summed E-state index contributed by atoms with van der Waals surface area (Å²) < 4.78 is 10.6. The molecule has 108 valence electrons. The fourth-order valence-corrected chi connectivity index (χ4v) is 2.04. The summed E-state index contributed by atoms with van der Waals surface area (Å²) in [6.07, 6.45) is -0.598. The molecule has 6 heteroatoms. The summed E-state index contributed by atoms with van der Waals surface area (Å²) in [6.45, 7) is 5.47. The predicted octanol–water partition coefficient (Wildman–Crippen LogP) is 2.34. The van der Waals surface area contributed by atoms with Gasteiger partial charge in [0.05, 0.1) is 11.6 Å². The van der Waals surface area contributed by atoms with Gasteiger partial charge in [-0.05, 0) is 32.9 Å². The summed E-state index contributed by atoms with van der Waals surface area (Å²) >= 11 is 0. The van der Waals surface area contributed by atoms with E-state index in [4.69, 9.17) is 9.47 Å². The van der Waals surface area contributed by atoms with Crippen LogP contribution in [-0.4, -0.2) is 29.4 Å². The van der Waals surface area contributed by atoms with Crippen LogP contribution in [0.5, 0.6) is 5.75 Å². The van der Waals surface area contributed by atoms with Gasteiger partial charge in [-0.15, -0.1) is 0 Å². The van der Waals surface area contributed by atoms with Gasteiger partial charge in [-0.1, -0.05) is 6.07 Å². The Bertz CT molecular complexity index is 547. The number of ether oxygens (including phenoxy) is 2. The fraction of sp³-hybridized carbons (Fsp3) is 0.429. The molecule has 1 aromatic rings. The SMILES string of the molecule is CC(C)(C)OC(=O)NC1COc2cccc(C(=O)O)c21. The number of carboxylic acids is 1. The third kappa shape index (κ3) is 3.01. The van der Waals surface area contributed by atoms with Crippen molar-refractivity contribution >= 4 is 12.1 Å². The number of fused-ring (bicyclic) bond motifs is 1. The predicted molar refractivity (Wildman–Crippen MR) is 71.0 cm³/mol. The normalized spacial score (nSPS) is 17.1. The molecular formula is C14H17NO5. The molecule has 20 heavy (non-hydrogen) atoms. The molecule has 1 amide bonds. The van der Waals surface area contributed by atoms with Crippen LogP contribution in [0.2, 0.25) is 0 Å². The average molecular weight is 279 g/mol. The van der Waals surface area contributed by atoms with E-state index in [2.05, 4.69) is 5.32 Å². The minimum atomic E-state index is -1.05. The minimum Gasteiger partial charge on any atom is -0.491 e. The van der Waals surface area contributed by atoms with Crippen LogP contribution in [0.1, 0.15) is 42.7 Å². The van der Waals surface area contributed by atoms with Crippen molar-refractivity contribution in [2.45, 2.75) is 32.4 Å². The third-order valence-corrected chi connectivity index (χ3v) is 2.74. The van der Waals surface area contributed by atoms with Crippen molar-refractivity contribution < 1.29 is 24.2 Å². The first-order chi connectivity index (χ1) is 9.28. The van der Waals surface area contributed by atoms with Crippen molar-refractivity contribution in [2.75, 3.05) is 6.61 Å². The molecule has 1 atom stereocenters. The number of carbonyl (C=O) groups is 2. The monoisotopic (exact) mass is 279 g/mol. The van der Waals surface area contributed by atoms with E-state index < -0.39 is 23.7 Å². The Morgan fingerprint density at radius 3 is 2.70 bits per heavy atom. The van der Waals surface area contributed by atoms with Gasteiger partial charge in [0.2, 0.25) is 0 Å². The number of rotatable bonds is 2. The Morgan fingerprint density at radius 1 is 1.40 bits per heavy atom. The molecule has 1 heterocycles. The smallest absolute Gasteiger partial charge is 0.408 e. The quantitative estimate of drug-likeness (QED) is 0.868. The number of benzene rings is 1. The summed E-state index contributed by atoms with van der Waals surface area (Å²) in [5.41, 5.74) is -0.00878. The van der Waals surface area contributed by atoms with Crippen LogP contribution in [0.3, 0.4) is 0 Å². The van der Waals surface area contributed by atoms with Gasteiger partial charge < -0.3 is 19.9 Å². The summed E-state index contributed by atoms with van der Waals surface area (Å²) in [6, 6.07) is 4.25. The molecule has 0 bridgehead atoms. The van der Waals surface area contributed by atoms with Crippen LogP contribution in [0.25, 0.3) is 0 Å². The Morgan fingerprint density at radius 2 is 2.10 bits per heavy atom. The molecule has 6 nitrogen and oxygen atoms in total. The largest absolute Gasteiger partial charge is 0.491 e. The number of amides is 1. The molecule has 2 rings (SSSR count). The molecule has 1 unspecified atom stereocenters. The van der Waals surface area contributed by atoms with E-state index in [-0.39, 0.29) is 12.2 Å². The van der Waals surface area contributed by atoms with Crippen molar-refractivity contribution in [3.05, 3.63) is 29.3 Å². The van der Waals surface area contributed by atoms with E-state index >= 15 is 0 Å². The zero-order chi connectivity index (χ0) is 14.9. The molecule has 1 aliphatic rings. The Hall–Kier alpha value is -2.24. The van der Waals surface area contributed by atoms with Gasteiger partial charge in [0.15, 0.2) is 0 Å². The first-order valence-corrected chi connectivity index (χ1v) is 6.26. The number of hydrogen-bond donors (Lipinski definition) is 2. The Kier molecular flexibility index (Phi) is 3.57. The molecule has 0 saturated heterocycles. The Labute approximate surface area is 116 Å². The van der Waals surface area contributed by atoms with Gasteiger partial charge in [-0.3, -0.25) is 0 Å². The van der Waals surface area contributed by atoms with Crippen LogP contribution in [0.4, 0.5) is 4.79 Å². The maximum atomic E-state index is 11.8. The maximum absolute atomic E-state index is 11.8. The minimum absolute atomic E-state index is 0.126. The second-order valence-electron chi connectivity index (χ2n) is 5.53. The van der Waals surface area contributed by atoms with Gasteiger partial charge in [0, 0.05) is 5.56 Å². The van der Waals surface area contributed by atoms with Gasteiger partial charge >= 0.3 is 12.1 Å². The highest BCUT2D eigenvalue weighted by molar-refractivity contribution is 5.91. The van der Waals surface area contributed by atoms with Crippen LogP contribution < -0.4 is 10.1 Å². The number of nitrogens with one attached hydrogen (secondary N) is 1.